The van der Waals surface area contributed by atoms with Gasteiger partial charge in [-0.2, -0.15) is 0 Å². The largest absolute Gasteiger partial charge is 0.341 e. The third-order valence-corrected chi connectivity index (χ3v) is 5.72. The summed E-state index contributed by atoms with van der Waals surface area (Å²) in [6.45, 7) is 2.24. The Morgan fingerprint density at radius 3 is 2.74 bits per heavy atom. The SMILES string of the molecule is CS(=O)(=O)CC(=O)N1CCCC(c2nccn2CC2CCC2)C1. The van der Waals surface area contributed by atoms with Crippen LogP contribution in [0.25, 0.3) is 0 Å². The van der Waals surface area contributed by atoms with Crippen molar-refractivity contribution < 1.29 is 13.2 Å². The molecule has 1 aromatic heterocycles. The van der Waals surface area contributed by atoms with Gasteiger partial charge in [-0.25, -0.2) is 13.4 Å². The molecule has 1 aromatic rings. The van der Waals surface area contributed by atoms with E-state index < -0.39 is 15.6 Å². The van der Waals surface area contributed by atoms with Gasteiger partial charge in [-0.05, 0) is 31.6 Å². The second kappa shape index (κ2) is 6.63. The van der Waals surface area contributed by atoms with Crippen molar-refractivity contribution in [3.63, 3.8) is 0 Å². The molecule has 1 aliphatic heterocycles. The minimum absolute atomic E-state index is 0.210. The molecule has 128 valence electrons. The number of imidazole rings is 1. The number of piperidine rings is 1. The highest BCUT2D eigenvalue weighted by Gasteiger charge is 2.29. The zero-order valence-corrected chi connectivity index (χ0v) is 14.5. The second-order valence-corrected chi connectivity index (χ2v) is 9.12. The first-order valence-corrected chi connectivity index (χ1v) is 10.4. The summed E-state index contributed by atoms with van der Waals surface area (Å²) in [7, 11) is -3.28. The normalized spacial score (nSPS) is 22.8. The van der Waals surface area contributed by atoms with Gasteiger partial charge in [0, 0.05) is 44.2 Å². The Bertz CT molecular complexity index is 664. The fraction of sp³-hybridized carbons (Fsp3) is 0.750. The molecule has 0 N–H and O–H groups in total. The molecule has 1 amide bonds. The van der Waals surface area contributed by atoms with Crippen LogP contribution in [-0.2, 0) is 21.2 Å². The third kappa shape index (κ3) is 4.13. The van der Waals surface area contributed by atoms with E-state index in [1.165, 1.54) is 19.3 Å². The predicted molar refractivity (Wildman–Crippen MR) is 87.8 cm³/mol. The lowest BCUT2D eigenvalue weighted by atomic mass is 9.85. The van der Waals surface area contributed by atoms with Crippen molar-refractivity contribution in [3.05, 3.63) is 18.2 Å². The molecule has 1 saturated carbocycles. The summed E-state index contributed by atoms with van der Waals surface area (Å²) >= 11 is 0. The van der Waals surface area contributed by atoms with Crippen molar-refractivity contribution in [3.8, 4) is 0 Å². The Balaban J connectivity index is 1.66. The van der Waals surface area contributed by atoms with E-state index in [0.717, 1.165) is 37.4 Å². The maximum atomic E-state index is 12.2. The van der Waals surface area contributed by atoms with Gasteiger partial charge in [0.05, 0.1) is 0 Å². The molecule has 2 heterocycles. The van der Waals surface area contributed by atoms with E-state index >= 15 is 0 Å². The summed E-state index contributed by atoms with van der Waals surface area (Å²) in [6, 6.07) is 0. The Kier molecular flexibility index (Phi) is 4.75. The monoisotopic (exact) mass is 339 g/mol. The second-order valence-electron chi connectivity index (χ2n) is 6.98. The van der Waals surface area contributed by atoms with E-state index in [2.05, 4.69) is 9.55 Å². The number of hydrogen-bond acceptors (Lipinski definition) is 4. The number of hydrogen-bond donors (Lipinski definition) is 0. The Morgan fingerprint density at radius 1 is 1.30 bits per heavy atom. The lowest BCUT2D eigenvalue weighted by Crippen LogP contribution is -2.42. The summed E-state index contributed by atoms with van der Waals surface area (Å²) in [5.41, 5.74) is 0. The standard InChI is InChI=1S/C16H25N3O3S/c1-23(21,22)12-15(20)18-8-3-6-14(11-18)16-17-7-9-19(16)10-13-4-2-5-13/h7,9,13-14H,2-6,8,10-12H2,1H3. The molecule has 3 rings (SSSR count). The van der Waals surface area contributed by atoms with Gasteiger partial charge in [0.15, 0.2) is 9.84 Å². The molecule has 1 saturated heterocycles. The average Bonchev–Trinajstić information content (AvgIpc) is 2.89. The summed E-state index contributed by atoms with van der Waals surface area (Å²) in [6.07, 6.45) is 10.8. The van der Waals surface area contributed by atoms with Crippen LogP contribution in [0, 0.1) is 5.92 Å². The fourth-order valence-corrected chi connectivity index (χ4v) is 4.15. The molecule has 23 heavy (non-hydrogen) atoms. The van der Waals surface area contributed by atoms with Crippen LogP contribution in [0.3, 0.4) is 0 Å². The highest BCUT2D eigenvalue weighted by Crippen LogP contribution is 2.31. The third-order valence-electron chi connectivity index (χ3n) is 4.95. The number of carbonyl (C=O) groups excluding carboxylic acids is 1. The number of carbonyl (C=O) groups is 1. The molecule has 7 heteroatoms. The van der Waals surface area contributed by atoms with Gasteiger partial charge >= 0.3 is 0 Å². The van der Waals surface area contributed by atoms with Gasteiger partial charge in [0.2, 0.25) is 5.91 Å². The number of nitrogens with zero attached hydrogens (tertiary/aromatic N) is 3. The molecule has 0 radical (unpaired) electrons. The fourth-order valence-electron chi connectivity index (χ4n) is 3.52. The maximum absolute atomic E-state index is 12.2. The molecule has 0 aromatic carbocycles. The Morgan fingerprint density at radius 2 is 2.09 bits per heavy atom. The average molecular weight is 339 g/mol. The van der Waals surface area contributed by atoms with Gasteiger partial charge in [-0.3, -0.25) is 4.79 Å². The van der Waals surface area contributed by atoms with Crippen LogP contribution < -0.4 is 0 Å². The van der Waals surface area contributed by atoms with Crippen LogP contribution >= 0.6 is 0 Å². The lowest BCUT2D eigenvalue weighted by molar-refractivity contribution is -0.129. The smallest absolute Gasteiger partial charge is 0.237 e. The Labute approximate surface area is 137 Å². The van der Waals surface area contributed by atoms with Crippen molar-refractivity contribution in [1.29, 1.82) is 0 Å². The summed E-state index contributed by atoms with van der Waals surface area (Å²) in [5, 5.41) is 0. The molecular formula is C16H25N3O3S. The topological polar surface area (TPSA) is 72.3 Å². The summed E-state index contributed by atoms with van der Waals surface area (Å²) < 4.78 is 24.9. The number of likely N-dealkylation sites (tertiary alicyclic amines) is 1. The van der Waals surface area contributed by atoms with Gasteiger partial charge < -0.3 is 9.47 Å². The van der Waals surface area contributed by atoms with Crippen LogP contribution in [0.1, 0.15) is 43.8 Å². The van der Waals surface area contributed by atoms with E-state index in [9.17, 15) is 13.2 Å². The molecular weight excluding hydrogens is 314 g/mol. The van der Waals surface area contributed by atoms with Crippen LogP contribution in [0.15, 0.2) is 12.4 Å². The highest BCUT2D eigenvalue weighted by atomic mass is 32.2. The molecule has 1 unspecified atom stereocenters. The maximum Gasteiger partial charge on any atom is 0.237 e. The Hall–Kier alpha value is -1.37. The number of sulfone groups is 1. The van der Waals surface area contributed by atoms with Crippen molar-refractivity contribution >= 4 is 15.7 Å². The van der Waals surface area contributed by atoms with Crippen LogP contribution in [0.5, 0.6) is 0 Å². The number of rotatable bonds is 5. The molecule has 2 aliphatic rings. The summed E-state index contributed by atoms with van der Waals surface area (Å²) in [5.74, 6) is 1.34. The molecule has 1 atom stereocenters. The zero-order chi connectivity index (χ0) is 16.4. The van der Waals surface area contributed by atoms with E-state index in [0.29, 0.717) is 13.1 Å². The molecule has 0 bridgehead atoms. The highest BCUT2D eigenvalue weighted by molar-refractivity contribution is 7.91. The minimum Gasteiger partial charge on any atom is -0.341 e. The van der Waals surface area contributed by atoms with E-state index in [4.69, 9.17) is 0 Å². The number of amides is 1. The first kappa shape index (κ1) is 16.5. The van der Waals surface area contributed by atoms with Crippen LogP contribution in [0.2, 0.25) is 0 Å². The quantitative estimate of drug-likeness (QED) is 0.814. The van der Waals surface area contributed by atoms with Crippen LogP contribution in [0.4, 0.5) is 0 Å². The first-order valence-electron chi connectivity index (χ1n) is 8.39. The number of aromatic nitrogens is 2. The summed E-state index contributed by atoms with van der Waals surface area (Å²) in [4.78, 5) is 18.4. The van der Waals surface area contributed by atoms with Gasteiger partial charge in [-0.15, -0.1) is 0 Å². The van der Waals surface area contributed by atoms with E-state index in [1.807, 2.05) is 12.4 Å². The van der Waals surface area contributed by atoms with Gasteiger partial charge in [-0.1, -0.05) is 6.42 Å². The lowest BCUT2D eigenvalue weighted by Gasteiger charge is -2.33. The van der Waals surface area contributed by atoms with Crippen molar-refractivity contribution in [2.75, 3.05) is 25.1 Å². The van der Waals surface area contributed by atoms with Crippen molar-refractivity contribution in [2.24, 2.45) is 5.92 Å². The van der Waals surface area contributed by atoms with Crippen molar-refractivity contribution in [1.82, 2.24) is 14.5 Å². The van der Waals surface area contributed by atoms with E-state index in [1.54, 1.807) is 4.90 Å². The predicted octanol–water partition coefficient (Wildman–Crippen LogP) is 1.43. The van der Waals surface area contributed by atoms with Crippen LogP contribution in [-0.4, -0.2) is 53.9 Å². The van der Waals surface area contributed by atoms with Crippen molar-refractivity contribution in [2.45, 2.75) is 44.6 Å². The van der Waals surface area contributed by atoms with Gasteiger partial charge in [0.1, 0.15) is 11.6 Å². The van der Waals surface area contributed by atoms with E-state index in [-0.39, 0.29) is 11.8 Å². The molecule has 2 fully saturated rings. The molecule has 1 aliphatic carbocycles. The molecule has 6 nitrogen and oxygen atoms in total. The minimum atomic E-state index is -3.28. The van der Waals surface area contributed by atoms with Gasteiger partial charge in [0.25, 0.3) is 0 Å². The first-order chi connectivity index (χ1) is 10.9. The zero-order valence-electron chi connectivity index (χ0n) is 13.6. The molecule has 0 spiro atoms.